The number of ether oxygens (including phenoxy) is 1. The van der Waals surface area contributed by atoms with Gasteiger partial charge in [-0.15, -0.1) is 34.2 Å². The quantitative estimate of drug-likeness (QED) is 0.283. The number of carbonyl (C=O) groups excluding carboxylic acids is 1. The van der Waals surface area contributed by atoms with Gasteiger partial charge in [0.15, 0.2) is 11.8 Å². The van der Waals surface area contributed by atoms with Crippen LogP contribution in [0.3, 0.4) is 0 Å². The minimum Gasteiger partial charge on any atom is -0.444 e. The number of rotatable bonds is 8. The molecular weight excluding hydrogens is 473 g/mol. The van der Waals surface area contributed by atoms with Crippen molar-refractivity contribution < 1.29 is 9.53 Å². The van der Waals surface area contributed by atoms with Crippen molar-refractivity contribution >= 4 is 36.0 Å². The third kappa shape index (κ3) is 9.07. The fourth-order valence-corrected chi connectivity index (χ4v) is 2.44. The molecule has 0 aliphatic heterocycles. The molecule has 0 atom stereocenters. The maximum Gasteiger partial charge on any atom is 0.408 e. The monoisotopic (exact) mass is 509 g/mol. The normalized spacial score (nSPS) is 12.2. The molecule has 0 saturated heterocycles. The standard InChI is InChI=1S/C18H35N7O2.HI/c1-8-18(9-2,23-16(26)27-17(4,5)6)12-21-15(19-10-3)20-11-14-24-22-13-25(14)7;/h13H,8-12H2,1-7H3,(H,23,26)(H2,19,20,21);1H. The maximum atomic E-state index is 12.3. The highest BCUT2D eigenvalue weighted by Gasteiger charge is 2.30. The average molecular weight is 509 g/mol. The van der Waals surface area contributed by atoms with Gasteiger partial charge in [-0.2, -0.15) is 0 Å². The van der Waals surface area contributed by atoms with E-state index >= 15 is 0 Å². The largest absolute Gasteiger partial charge is 0.444 e. The number of aryl methyl sites for hydroxylation is 1. The Bertz CT molecular complexity index is 622. The number of hydrogen-bond acceptors (Lipinski definition) is 5. The molecule has 10 heteroatoms. The van der Waals surface area contributed by atoms with Crippen molar-refractivity contribution in [2.45, 2.75) is 72.1 Å². The lowest BCUT2D eigenvalue weighted by Crippen LogP contribution is -2.57. The molecule has 0 spiro atoms. The third-order valence-electron chi connectivity index (χ3n) is 4.24. The van der Waals surface area contributed by atoms with Crippen molar-refractivity contribution in [3.8, 4) is 0 Å². The predicted octanol–water partition coefficient (Wildman–Crippen LogP) is 2.57. The van der Waals surface area contributed by atoms with Crippen molar-refractivity contribution in [1.29, 1.82) is 0 Å². The summed E-state index contributed by atoms with van der Waals surface area (Å²) in [5, 5.41) is 17.5. The lowest BCUT2D eigenvalue weighted by molar-refractivity contribution is 0.0448. The van der Waals surface area contributed by atoms with Gasteiger partial charge in [0.1, 0.15) is 18.5 Å². The number of amides is 1. The van der Waals surface area contributed by atoms with Gasteiger partial charge in [-0.05, 0) is 40.5 Å². The summed E-state index contributed by atoms with van der Waals surface area (Å²) in [6.45, 7) is 13.3. The Morgan fingerprint density at radius 2 is 1.86 bits per heavy atom. The van der Waals surface area contributed by atoms with Crippen LogP contribution in [0, 0.1) is 0 Å². The van der Waals surface area contributed by atoms with Crippen LogP contribution in [0.15, 0.2) is 11.3 Å². The van der Waals surface area contributed by atoms with E-state index in [1.807, 2.05) is 53.2 Å². The van der Waals surface area contributed by atoms with E-state index in [0.717, 1.165) is 25.2 Å². The van der Waals surface area contributed by atoms with Crippen LogP contribution in [0.5, 0.6) is 0 Å². The highest BCUT2D eigenvalue weighted by atomic mass is 127. The van der Waals surface area contributed by atoms with Crippen molar-refractivity contribution in [1.82, 2.24) is 30.7 Å². The van der Waals surface area contributed by atoms with Crippen LogP contribution in [-0.4, -0.2) is 51.0 Å². The fraction of sp³-hybridized carbons (Fsp3) is 0.778. The van der Waals surface area contributed by atoms with Gasteiger partial charge in [-0.3, -0.25) is 0 Å². The molecule has 0 saturated carbocycles. The van der Waals surface area contributed by atoms with E-state index in [1.54, 1.807) is 6.33 Å². The van der Waals surface area contributed by atoms with Gasteiger partial charge in [0.05, 0.1) is 5.54 Å². The Labute approximate surface area is 185 Å². The van der Waals surface area contributed by atoms with Gasteiger partial charge in [0, 0.05) is 20.1 Å². The van der Waals surface area contributed by atoms with E-state index in [0.29, 0.717) is 19.0 Å². The molecule has 1 rings (SSSR count). The lowest BCUT2D eigenvalue weighted by atomic mass is 9.93. The van der Waals surface area contributed by atoms with Crippen LogP contribution in [0.1, 0.15) is 60.2 Å². The van der Waals surface area contributed by atoms with Crippen LogP contribution in [0.2, 0.25) is 0 Å². The van der Waals surface area contributed by atoms with Crippen LogP contribution in [-0.2, 0) is 18.3 Å². The number of aliphatic imine (C=N–C) groups is 1. The third-order valence-corrected chi connectivity index (χ3v) is 4.24. The van der Waals surface area contributed by atoms with Crippen molar-refractivity contribution in [2.24, 2.45) is 12.0 Å². The molecule has 3 N–H and O–H groups in total. The molecule has 0 bridgehead atoms. The second-order valence-corrected chi connectivity index (χ2v) is 7.52. The number of hydrogen-bond donors (Lipinski definition) is 3. The molecule has 0 radical (unpaired) electrons. The molecule has 9 nitrogen and oxygen atoms in total. The van der Waals surface area contributed by atoms with Crippen LogP contribution < -0.4 is 16.0 Å². The topological polar surface area (TPSA) is 105 Å². The Hall–Kier alpha value is -1.59. The van der Waals surface area contributed by atoms with Crippen LogP contribution in [0.4, 0.5) is 4.79 Å². The summed E-state index contributed by atoms with van der Waals surface area (Å²) < 4.78 is 7.25. The van der Waals surface area contributed by atoms with Gasteiger partial charge in [-0.1, -0.05) is 13.8 Å². The zero-order chi connectivity index (χ0) is 20.5. The maximum absolute atomic E-state index is 12.3. The summed E-state index contributed by atoms with van der Waals surface area (Å²) in [4.78, 5) is 16.8. The first-order valence-electron chi connectivity index (χ1n) is 9.51. The fourth-order valence-electron chi connectivity index (χ4n) is 2.44. The summed E-state index contributed by atoms with van der Waals surface area (Å²) in [7, 11) is 1.88. The zero-order valence-electron chi connectivity index (χ0n) is 18.1. The number of halogens is 1. The Morgan fingerprint density at radius 1 is 1.21 bits per heavy atom. The Kier molecular flexibility index (Phi) is 11.4. The van der Waals surface area contributed by atoms with Gasteiger partial charge >= 0.3 is 6.09 Å². The number of nitrogens with zero attached hydrogens (tertiary/aromatic N) is 4. The molecule has 1 amide bonds. The van der Waals surface area contributed by atoms with Gasteiger partial charge in [0.2, 0.25) is 0 Å². The smallest absolute Gasteiger partial charge is 0.408 e. The average Bonchev–Trinajstić information content (AvgIpc) is 2.99. The minimum atomic E-state index is -0.531. The molecule has 1 aromatic rings. The molecule has 1 heterocycles. The van der Waals surface area contributed by atoms with E-state index in [-0.39, 0.29) is 24.0 Å². The van der Waals surface area contributed by atoms with E-state index in [2.05, 4.69) is 31.1 Å². The summed E-state index contributed by atoms with van der Waals surface area (Å²) in [5.41, 5.74) is -0.958. The first-order chi connectivity index (χ1) is 12.6. The minimum absolute atomic E-state index is 0. The number of aromatic nitrogens is 3. The van der Waals surface area contributed by atoms with E-state index in [1.165, 1.54) is 0 Å². The molecule has 1 aromatic heterocycles. The molecule has 0 unspecified atom stereocenters. The first-order valence-corrected chi connectivity index (χ1v) is 9.51. The van der Waals surface area contributed by atoms with Gasteiger partial charge in [-0.25, -0.2) is 9.79 Å². The highest BCUT2D eigenvalue weighted by molar-refractivity contribution is 14.0. The molecule has 0 aliphatic carbocycles. The molecule has 162 valence electrons. The second kappa shape index (κ2) is 12.1. The van der Waals surface area contributed by atoms with Crippen molar-refractivity contribution in [2.75, 3.05) is 13.1 Å². The van der Waals surface area contributed by atoms with Crippen LogP contribution >= 0.6 is 24.0 Å². The van der Waals surface area contributed by atoms with E-state index < -0.39 is 17.2 Å². The second-order valence-electron chi connectivity index (χ2n) is 7.52. The zero-order valence-corrected chi connectivity index (χ0v) is 20.5. The summed E-state index contributed by atoms with van der Waals surface area (Å²) >= 11 is 0. The van der Waals surface area contributed by atoms with E-state index in [9.17, 15) is 4.79 Å². The highest BCUT2D eigenvalue weighted by Crippen LogP contribution is 2.16. The number of carbonyl (C=O) groups is 1. The molecule has 0 aliphatic rings. The SMILES string of the molecule is CCNC(=NCc1nncn1C)NCC(CC)(CC)NC(=O)OC(C)(C)C.I. The van der Waals surface area contributed by atoms with E-state index in [4.69, 9.17) is 4.74 Å². The number of nitrogens with one attached hydrogen (secondary N) is 3. The first kappa shape index (κ1) is 26.4. The molecule has 0 fully saturated rings. The van der Waals surface area contributed by atoms with Crippen molar-refractivity contribution in [3.05, 3.63) is 12.2 Å². The summed E-state index contributed by atoms with van der Waals surface area (Å²) in [6.07, 6.45) is 2.76. The predicted molar refractivity (Wildman–Crippen MR) is 122 cm³/mol. The molecular formula is C18H36IN7O2. The van der Waals surface area contributed by atoms with Crippen LogP contribution in [0.25, 0.3) is 0 Å². The summed E-state index contributed by atoms with van der Waals surface area (Å²) in [6, 6.07) is 0. The van der Waals surface area contributed by atoms with Gasteiger partial charge < -0.3 is 25.3 Å². The Morgan fingerprint density at radius 3 is 2.32 bits per heavy atom. The summed E-state index contributed by atoms with van der Waals surface area (Å²) in [5.74, 6) is 1.44. The Balaban J connectivity index is 0.00000729. The lowest BCUT2D eigenvalue weighted by Gasteiger charge is -2.34. The van der Waals surface area contributed by atoms with Crippen molar-refractivity contribution in [3.63, 3.8) is 0 Å². The number of alkyl carbamates (subject to hydrolysis) is 1. The number of guanidine groups is 1. The van der Waals surface area contributed by atoms with Gasteiger partial charge in [0.25, 0.3) is 0 Å². The molecule has 28 heavy (non-hydrogen) atoms. The molecule has 0 aromatic carbocycles.